The maximum atomic E-state index is 12.4. The highest BCUT2D eigenvalue weighted by Crippen LogP contribution is 2.32. The molecule has 25 heavy (non-hydrogen) atoms. The van der Waals surface area contributed by atoms with E-state index in [1.165, 1.54) is 30.0 Å². The van der Waals surface area contributed by atoms with Gasteiger partial charge in [0.2, 0.25) is 5.91 Å². The third kappa shape index (κ3) is 4.26. The molecule has 8 heteroatoms. The molecule has 1 aliphatic heterocycles. The molecular formula is C17H17NO5S2. The summed E-state index contributed by atoms with van der Waals surface area (Å²) in [6, 6.07) is 13.6. The quantitative estimate of drug-likeness (QED) is 0.804. The van der Waals surface area contributed by atoms with Crippen LogP contribution < -0.4 is 14.2 Å². The Labute approximate surface area is 150 Å². The fourth-order valence-electron chi connectivity index (χ4n) is 2.22. The first-order valence-corrected chi connectivity index (χ1v) is 10.00. The molecule has 3 rings (SSSR count). The number of hydrogen-bond donors (Lipinski definition) is 1. The SMILES string of the molecule is C[C@@H](Sc1ccccc1)C(=O)NS(=O)(=O)c1ccc2c(c1)OCCO2. The Morgan fingerprint density at radius 1 is 1.08 bits per heavy atom. The van der Waals surface area contributed by atoms with Crippen molar-refractivity contribution in [3.63, 3.8) is 0 Å². The van der Waals surface area contributed by atoms with Crippen LogP contribution in [0, 0.1) is 0 Å². The summed E-state index contributed by atoms with van der Waals surface area (Å²) in [5.41, 5.74) is 0. The Balaban J connectivity index is 1.71. The lowest BCUT2D eigenvalue weighted by Gasteiger charge is -2.19. The highest BCUT2D eigenvalue weighted by Gasteiger charge is 2.24. The van der Waals surface area contributed by atoms with Crippen LogP contribution in [0.15, 0.2) is 58.3 Å². The molecule has 0 unspecified atom stereocenters. The van der Waals surface area contributed by atoms with Gasteiger partial charge in [0.25, 0.3) is 10.0 Å². The second-order valence-corrected chi connectivity index (χ2v) is 8.44. The third-order valence-corrected chi connectivity index (χ3v) is 5.94. The normalized spacial score (nSPS) is 14.6. The first-order valence-electron chi connectivity index (χ1n) is 7.64. The van der Waals surface area contributed by atoms with Gasteiger partial charge in [-0.15, -0.1) is 11.8 Å². The number of ether oxygens (including phenoxy) is 2. The summed E-state index contributed by atoms with van der Waals surface area (Å²) in [5, 5.41) is -0.561. The zero-order valence-electron chi connectivity index (χ0n) is 13.5. The Morgan fingerprint density at radius 3 is 2.48 bits per heavy atom. The molecule has 1 aliphatic rings. The molecule has 0 bridgehead atoms. The predicted octanol–water partition coefficient (Wildman–Crippen LogP) is 2.44. The number of thioether (sulfide) groups is 1. The van der Waals surface area contributed by atoms with Crippen molar-refractivity contribution >= 4 is 27.7 Å². The van der Waals surface area contributed by atoms with Crippen LogP contribution in [0.25, 0.3) is 0 Å². The van der Waals surface area contributed by atoms with E-state index in [-0.39, 0.29) is 4.90 Å². The number of nitrogens with one attached hydrogen (secondary N) is 1. The van der Waals surface area contributed by atoms with E-state index in [0.29, 0.717) is 24.7 Å². The lowest BCUT2D eigenvalue weighted by molar-refractivity contribution is -0.118. The molecule has 0 saturated heterocycles. The average Bonchev–Trinajstić information content (AvgIpc) is 2.61. The molecule has 0 radical (unpaired) electrons. The lowest BCUT2D eigenvalue weighted by Crippen LogP contribution is -2.36. The second-order valence-electron chi connectivity index (χ2n) is 5.35. The van der Waals surface area contributed by atoms with Crippen molar-refractivity contribution in [1.29, 1.82) is 0 Å². The smallest absolute Gasteiger partial charge is 0.264 e. The van der Waals surface area contributed by atoms with E-state index in [1.807, 2.05) is 30.3 Å². The Kier molecular flexibility index (Phi) is 5.19. The second kappa shape index (κ2) is 7.37. The van der Waals surface area contributed by atoms with Gasteiger partial charge in [-0.1, -0.05) is 18.2 Å². The highest BCUT2D eigenvalue weighted by molar-refractivity contribution is 8.00. The van der Waals surface area contributed by atoms with Crippen molar-refractivity contribution in [1.82, 2.24) is 4.72 Å². The van der Waals surface area contributed by atoms with Crippen molar-refractivity contribution in [2.45, 2.75) is 22.0 Å². The summed E-state index contributed by atoms with van der Waals surface area (Å²) in [6.07, 6.45) is 0. The molecule has 1 atom stereocenters. The zero-order chi connectivity index (χ0) is 17.9. The molecule has 0 aliphatic carbocycles. The minimum absolute atomic E-state index is 0.0398. The number of sulfonamides is 1. The number of carbonyl (C=O) groups is 1. The molecule has 0 spiro atoms. The van der Waals surface area contributed by atoms with E-state index in [1.54, 1.807) is 6.92 Å². The van der Waals surface area contributed by atoms with Gasteiger partial charge in [-0.25, -0.2) is 13.1 Å². The third-order valence-electron chi connectivity index (χ3n) is 3.48. The Hall–Kier alpha value is -2.19. The van der Waals surface area contributed by atoms with E-state index < -0.39 is 21.2 Å². The molecule has 1 amide bonds. The van der Waals surface area contributed by atoms with Crippen molar-refractivity contribution in [3.05, 3.63) is 48.5 Å². The van der Waals surface area contributed by atoms with Crippen LogP contribution in [-0.4, -0.2) is 32.8 Å². The standard InChI is InChI=1S/C17H17NO5S2/c1-12(24-13-5-3-2-4-6-13)17(19)18-25(20,21)14-7-8-15-16(11-14)23-10-9-22-15/h2-8,11-12H,9-10H2,1H3,(H,18,19)/t12-/m1/s1. The van der Waals surface area contributed by atoms with E-state index in [9.17, 15) is 13.2 Å². The summed E-state index contributed by atoms with van der Waals surface area (Å²) in [4.78, 5) is 13.1. The highest BCUT2D eigenvalue weighted by atomic mass is 32.2. The monoisotopic (exact) mass is 379 g/mol. The number of hydrogen-bond acceptors (Lipinski definition) is 6. The number of amides is 1. The van der Waals surface area contributed by atoms with Crippen molar-refractivity contribution in [2.75, 3.05) is 13.2 Å². The molecule has 2 aromatic rings. The van der Waals surface area contributed by atoms with Crippen LogP contribution in [0.2, 0.25) is 0 Å². The molecule has 0 fully saturated rings. The van der Waals surface area contributed by atoms with Crippen LogP contribution >= 0.6 is 11.8 Å². The maximum absolute atomic E-state index is 12.4. The largest absolute Gasteiger partial charge is 0.486 e. The minimum Gasteiger partial charge on any atom is -0.486 e. The van der Waals surface area contributed by atoms with Gasteiger partial charge in [0.1, 0.15) is 13.2 Å². The van der Waals surface area contributed by atoms with Crippen LogP contribution in [0.5, 0.6) is 11.5 Å². The van der Waals surface area contributed by atoms with E-state index in [0.717, 1.165) is 4.90 Å². The van der Waals surface area contributed by atoms with Gasteiger partial charge in [0.15, 0.2) is 11.5 Å². The first-order chi connectivity index (χ1) is 12.0. The van der Waals surface area contributed by atoms with Crippen molar-refractivity contribution < 1.29 is 22.7 Å². The topological polar surface area (TPSA) is 81.7 Å². The summed E-state index contributed by atoms with van der Waals surface area (Å²) < 4.78 is 37.8. The molecule has 0 saturated carbocycles. The van der Waals surface area contributed by atoms with Gasteiger partial charge in [-0.2, -0.15) is 0 Å². The average molecular weight is 379 g/mol. The first kappa shape index (κ1) is 17.6. The van der Waals surface area contributed by atoms with Gasteiger partial charge < -0.3 is 9.47 Å². The van der Waals surface area contributed by atoms with E-state index >= 15 is 0 Å². The predicted molar refractivity (Wildman–Crippen MR) is 94.5 cm³/mol. The van der Waals surface area contributed by atoms with E-state index in [2.05, 4.69) is 4.72 Å². The van der Waals surface area contributed by atoms with Gasteiger partial charge in [0.05, 0.1) is 10.1 Å². The van der Waals surface area contributed by atoms with Crippen LogP contribution in [0.1, 0.15) is 6.92 Å². The lowest BCUT2D eigenvalue weighted by atomic mass is 10.3. The van der Waals surface area contributed by atoms with Crippen LogP contribution in [-0.2, 0) is 14.8 Å². The van der Waals surface area contributed by atoms with Crippen LogP contribution in [0.4, 0.5) is 0 Å². The number of carbonyl (C=O) groups excluding carboxylic acids is 1. The summed E-state index contributed by atoms with van der Waals surface area (Å²) in [7, 11) is -3.98. The minimum atomic E-state index is -3.98. The van der Waals surface area contributed by atoms with Gasteiger partial charge in [-0.3, -0.25) is 4.79 Å². The Bertz CT molecular complexity index is 868. The number of fused-ring (bicyclic) bond motifs is 1. The molecular weight excluding hydrogens is 362 g/mol. The molecule has 132 valence electrons. The number of rotatable bonds is 5. The summed E-state index contributed by atoms with van der Waals surface area (Å²) >= 11 is 1.29. The molecule has 2 aromatic carbocycles. The maximum Gasteiger partial charge on any atom is 0.264 e. The van der Waals surface area contributed by atoms with E-state index in [4.69, 9.17) is 9.47 Å². The zero-order valence-corrected chi connectivity index (χ0v) is 15.1. The molecule has 0 aromatic heterocycles. The fourth-order valence-corrected chi connectivity index (χ4v) is 4.25. The molecule has 6 nitrogen and oxygen atoms in total. The van der Waals surface area contributed by atoms with Gasteiger partial charge in [0, 0.05) is 11.0 Å². The molecule has 1 N–H and O–H groups in total. The summed E-state index contributed by atoms with van der Waals surface area (Å²) in [5.74, 6) is 0.265. The van der Waals surface area contributed by atoms with Gasteiger partial charge in [-0.05, 0) is 31.2 Å². The summed E-state index contributed by atoms with van der Waals surface area (Å²) in [6.45, 7) is 2.43. The Morgan fingerprint density at radius 2 is 1.76 bits per heavy atom. The van der Waals surface area contributed by atoms with Crippen molar-refractivity contribution in [3.8, 4) is 11.5 Å². The number of benzene rings is 2. The molecule has 1 heterocycles. The van der Waals surface area contributed by atoms with Crippen molar-refractivity contribution in [2.24, 2.45) is 0 Å². The fraction of sp³-hybridized carbons (Fsp3) is 0.235. The van der Waals surface area contributed by atoms with Gasteiger partial charge >= 0.3 is 0 Å². The van der Waals surface area contributed by atoms with Crippen LogP contribution in [0.3, 0.4) is 0 Å².